The molecule has 2 aromatic rings. The van der Waals surface area contributed by atoms with E-state index in [1.807, 2.05) is 6.92 Å². The summed E-state index contributed by atoms with van der Waals surface area (Å²) in [5.41, 5.74) is 0.412. The summed E-state index contributed by atoms with van der Waals surface area (Å²) in [6, 6.07) is 6.96. The number of carbonyl (C=O) groups is 2. The number of rotatable bonds is 7. The molecule has 27 heavy (non-hydrogen) atoms. The van der Waals surface area contributed by atoms with E-state index in [4.69, 9.17) is 4.74 Å². The summed E-state index contributed by atoms with van der Waals surface area (Å²) in [6.45, 7) is 3.40. The minimum atomic E-state index is -0.342. The molecule has 0 aliphatic carbocycles. The second-order valence-corrected chi connectivity index (χ2v) is 6.38. The van der Waals surface area contributed by atoms with Gasteiger partial charge in [0.15, 0.2) is 5.82 Å². The molecule has 1 aromatic carbocycles. The fourth-order valence-electron chi connectivity index (χ4n) is 3.11. The van der Waals surface area contributed by atoms with Crippen LogP contribution in [0.5, 0.6) is 5.75 Å². The minimum absolute atomic E-state index is 0.111. The highest BCUT2D eigenvalue weighted by atomic mass is 16.5. The van der Waals surface area contributed by atoms with Crippen molar-refractivity contribution in [3.63, 3.8) is 0 Å². The molecular weight excluding hydrogens is 346 g/mol. The van der Waals surface area contributed by atoms with Gasteiger partial charge in [0.1, 0.15) is 11.6 Å². The Morgan fingerprint density at radius 2 is 2.00 bits per heavy atom. The lowest BCUT2D eigenvalue weighted by Gasteiger charge is -2.11. The molecule has 2 N–H and O–H groups in total. The van der Waals surface area contributed by atoms with E-state index >= 15 is 0 Å². The molecule has 0 bridgehead atoms. The molecule has 1 aliphatic heterocycles. The molecule has 0 saturated carbocycles. The van der Waals surface area contributed by atoms with Crippen LogP contribution >= 0.6 is 0 Å². The third kappa shape index (κ3) is 4.84. The van der Waals surface area contributed by atoms with Gasteiger partial charge in [-0.1, -0.05) is 18.6 Å². The maximum absolute atomic E-state index is 12.3. The first-order valence-corrected chi connectivity index (χ1v) is 9.36. The predicted octanol–water partition coefficient (Wildman–Crippen LogP) is 1.45. The Morgan fingerprint density at radius 3 is 2.85 bits per heavy atom. The van der Waals surface area contributed by atoms with Crippen molar-refractivity contribution in [2.45, 2.75) is 45.7 Å². The normalized spacial score (nSPS) is 13.4. The van der Waals surface area contributed by atoms with Crippen LogP contribution < -0.4 is 15.4 Å². The molecular formula is C19H25N5O3. The van der Waals surface area contributed by atoms with Crippen LogP contribution in [0.2, 0.25) is 0 Å². The van der Waals surface area contributed by atoms with Gasteiger partial charge in [-0.2, -0.15) is 0 Å². The van der Waals surface area contributed by atoms with Gasteiger partial charge in [-0.3, -0.25) is 9.59 Å². The molecule has 0 spiro atoms. The minimum Gasteiger partial charge on any atom is -0.493 e. The van der Waals surface area contributed by atoms with Gasteiger partial charge in [0.05, 0.1) is 25.3 Å². The van der Waals surface area contributed by atoms with E-state index in [9.17, 15) is 9.59 Å². The van der Waals surface area contributed by atoms with Crippen molar-refractivity contribution in [3.05, 3.63) is 41.5 Å². The quantitative estimate of drug-likeness (QED) is 0.768. The summed E-state index contributed by atoms with van der Waals surface area (Å²) in [5.74, 6) is 1.63. The van der Waals surface area contributed by atoms with E-state index < -0.39 is 0 Å². The van der Waals surface area contributed by atoms with E-state index in [-0.39, 0.29) is 18.4 Å². The van der Waals surface area contributed by atoms with E-state index in [1.165, 1.54) is 6.42 Å². The first-order chi connectivity index (χ1) is 13.2. The van der Waals surface area contributed by atoms with Crippen LogP contribution in [0, 0.1) is 0 Å². The molecule has 1 aromatic heterocycles. The Morgan fingerprint density at radius 1 is 1.15 bits per heavy atom. The van der Waals surface area contributed by atoms with Crippen LogP contribution in [0.15, 0.2) is 24.3 Å². The monoisotopic (exact) mass is 371 g/mol. The Kier molecular flexibility index (Phi) is 6.40. The van der Waals surface area contributed by atoms with Gasteiger partial charge in [0.25, 0.3) is 5.91 Å². The van der Waals surface area contributed by atoms with Gasteiger partial charge in [-0.05, 0) is 31.9 Å². The summed E-state index contributed by atoms with van der Waals surface area (Å²) in [4.78, 5) is 24.4. The number of fused-ring (bicyclic) bond motifs is 1. The second kappa shape index (κ2) is 9.16. The van der Waals surface area contributed by atoms with Crippen LogP contribution in [0.4, 0.5) is 0 Å². The van der Waals surface area contributed by atoms with Gasteiger partial charge in [0.2, 0.25) is 5.91 Å². The number of carbonyl (C=O) groups excluding carboxylic acids is 2. The summed E-state index contributed by atoms with van der Waals surface area (Å²) in [6.07, 6.45) is 4.34. The number of nitrogens with zero attached hydrogens (tertiary/aromatic N) is 3. The van der Waals surface area contributed by atoms with Crippen LogP contribution in [0.1, 0.15) is 48.2 Å². The SMILES string of the molecule is CCOc1ccccc1C(=O)NCC(=O)NCc1nnc2n1CCCCC2. The number of amides is 2. The summed E-state index contributed by atoms with van der Waals surface area (Å²) < 4.78 is 7.53. The molecule has 0 unspecified atom stereocenters. The van der Waals surface area contributed by atoms with Gasteiger partial charge < -0.3 is 19.9 Å². The third-order valence-corrected chi connectivity index (χ3v) is 4.47. The Hall–Kier alpha value is -2.90. The standard InChI is InChI=1S/C19H25N5O3/c1-2-27-15-9-6-5-8-14(15)19(26)21-13-18(25)20-12-17-23-22-16-10-4-3-7-11-24(16)17/h5-6,8-9H,2-4,7,10-13H2,1H3,(H,20,25)(H,21,26). The third-order valence-electron chi connectivity index (χ3n) is 4.47. The van der Waals surface area contributed by atoms with Gasteiger partial charge in [-0.15, -0.1) is 10.2 Å². The maximum atomic E-state index is 12.3. The first kappa shape index (κ1) is 18.9. The highest BCUT2D eigenvalue weighted by Crippen LogP contribution is 2.17. The van der Waals surface area contributed by atoms with Gasteiger partial charge in [0, 0.05) is 13.0 Å². The molecule has 144 valence electrons. The average Bonchev–Trinajstić information content (AvgIpc) is 2.91. The van der Waals surface area contributed by atoms with E-state index in [2.05, 4.69) is 25.4 Å². The van der Waals surface area contributed by atoms with Crippen molar-refractivity contribution in [2.75, 3.05) is 13.2 Å². The number of aryl methyl sites for hydroxylation is 1. The zero-order chi connectivity index (χ0) is 19.1. The average molecular weight is 371 g/mol. The predicted molar refractivity (Wildman–Crippen MR) is 99.4 cm³/mol. The van der Waals surface area contributed by atoms with E-state index in [1.54, 1.807) is 24.3 Å². The highest BCUT2D eigenvalue weighted by molar-refractivity contribution is 5.98. The van der Waals surface area contributed by atoms with Crippen LogP contribution in [-0.4, -0.2) is 39.7 Å². The number of aromatic nitrogens is 3. The summed E-state index contributed by atoms with van der Waals surface area (Å²) in [7, 11) is 0. The molecule has 1 aliphatic rings. The Labute approximate surface area is 158 Å². The molecule has 2 heterocycles. The number of hydrogen-bond donors (Lipinski definition) is 2. The molecule has 0 saturated heterocycles. The number of ether oxygens (including phenoxy) is 1. The molecule has 8 heteroatoms. The highest BCUT2D eigenvalue weighted by Gasteiger charge is 2.16. The largest absolute Gasteiger partial charge is 0.493 e. The van der Waals surface area contributed by atoms with Crippen LogP contribution in [0.25, 0.3) is 0 Å². The van der Waals surface area contributed by atoms with Crippen LogP contribution in [0.3, 0.4) is 0 Å². The van der Waals surface area contributed by atoms with Gasteiger partial charge in [-0.25, -0.2) is 0 Å². The van der Waals surface area contributed by atoms with Crippen molar-refractivity contribution in [3.8, 4) is 5.75 Å². The van der Waals surface area contributed by atoms with Crippen molar-refractivity contribution >= 4 is 11.8 Å². The zero-order valence-electron chi connectivity index (χ0n) is 15.5. The first-order valence-electron chi connectivity index (χ1n) is 9.36. The molecule has 0 radical (unpaired) electrons. The second-order valence-electron chi connectivity index (χ2n) is 6.38. The molecule has 2 amide bonds. The van der Waals surface area contributed by atoms with Crippen molar-refractivity contribution in [1.29, 1.82) is 0 Å². The number of benzene rings is 1. The van der Waals surface area contributed by atoms with Crippen molar-refractivity contribution in [1.82, 2.24) is 25.4 Å². The van der Waals surface area contributed by atoms with E-state index in [0.29, 0.717) is 24.5 Å². The van der Waals surface area contributed by atoms with Crippen molar-refractivity contribution < 1.29 is 14.3 Å². The Bertz CT molecular complexity index is 802. The molecule has 8 nitrogen and oxygen atoms in total. The fourth-order valence-corrected chi connectivity index (χ4v) is 3.11. The fraction of sp³-hybridized carbons (Fsp3) is 0.474. The lowest BCUT2D eigenvalue weighted by molar-refractivity contribution is -0.120. The molecule has 3 rings (SSSR count). The zero-order valence-corrected chi connectivity index (χ0v) is 15.5. The maximum Gasteiger partial charge on any atom is 0.255 e. The topological polar surface area (TPSA) is 98.1 Å². The van der Waals surface area contributed by atoms with Gasteiger partial charge >= 0.3 is 0 Å². The molecule has 0 fully saturated rings. The Balaban J connectivity index is 1.50. The van der Waals surface area contributed by atoms with Crippen molar-refractivity contribution in [2.24, 2.45) is 0 Å². The summed E-state index contributed by atoms with van der Waals surface area (Å²) >= 11 is 0. The van der Waals surface area contributed by atoms with E-state index in [0.717, 1.165) is 37.5 Å². The smallest absolute Gasteiger partial charge is 0.255 e. The lowest BCUT2D eigenvalue weighted by Crippen LogP contribution is -2.37. The molecule has 0 atom stereocenters. The number of nitrogens with one attached hydrogen (secondary N) is 2. The summed E-state index contributed by atoms with van der Waals surface area (Å²) in [5, 5.41) is 13.8. The lowest BCUT2D eigenvalue weighted by atomic mass is 10.2. The number of para-hydroxylation sites is 1. The van der Waals surface area contributed by atoms with Crippen LogP contribution in [-0.2, 0) is 24.3 Å². The number of hydrogen-bond acceptors (Lipinski definition) is 5.